The molecule has 0 radical (unpaired) electrons. The Balaban J connectivity index is 1.34. The molecule has 0 saturated carbocycles. The Bertz CT molecular complexity index is 1020. The lowest BCUT2D eigenvalue weighted by molar-refractivity contribution is -0.143. The number of carbonyl (C=O) groups is 1. The second kappa shape index (κ2) is 7.86. The Morgan fingerprint density at radius 1 is 1.15 bits per heavy atom. The molecule has 0 saturated heterocycles. The van der Waals surface area contributed by atoms with Gasteiger partial charge in [0.2, 0.25) is 0 Å². The van der Waals surface area contributed by atoms with E-state index in [1.165, 1.54) is 0 Å². The molecule has 0 aliphatic rings. The highest BCUT2D eigenvalue weighted by Gasteiger charge is 2.08. The number of imidazole rings is 2. The maximum atomic E-state index is 11.9. The van der Waals surface area contributed by atoms with Gasteiger partial charge in [0.25, 0.3) is 0 Å². The standard InChI is InChI=1S/C21H20N4O2/c26-20(27-13-12-25-11-10-22-15-25)9-7-16-6-8-18-19(14-16)24-21(23-18)17-4-2-1-3-5-17/h1-6,8,10-11,14-15H,7,9,12-13H2,(H,23,24). The normalized spacial score (nSPS) is 11.0. The van der Waals surface area contributed by atoms with Crippen molar-refractivity contribution in [3.8, 4) is 11.4 Å². The molecule has 6 nitrogen and oxygen atoms in total. The van der Waals surface area contributed by atoms with E-state index in [2.05, 4.69) is 15.0 Å². The van der Waals surface area contributed by atoms with Crippen LogP contribution in [0.3, 0.4) is 0 Å². The molecular weight excluding hydrogens is 340 g/mol. The maximum Gasteiger partial charge on any atom is 0.306 e. The topological polar surface area (TPSA) is 72.8 Å². The molecule has 1 N–H and O–H groups in total. The molecule has 4 rings (SSSR count). The lowest BCUT2D eigenvalue weighted by Crippen LogP contribution is -2.11. The molecular formula is C21H20N4O2. The van der Waals surface area contributed by atoms with Crippen molar-refractivity contribution >= 4 is 17.0 Å². The second-order valence-electron chi connectivity index (χ2n) is 6.32. The predicted octanol–water partition coefficient (Wildman–Crippen LogP) is 3.60. The number of esters is 1. The molecule has 0 aliphatic heterocycles. The van der Waals surface area contributed by atoms with Crippen molar-refractivity contribution in [2.75, 3.05) is 6.61 Å². The van der Waals surface area contributed by atoms with Crippen LogP contribution in [0.25, 0.3) is 22.4 Å². The van der Waals surface area contributed by atoms with E-state index in [1.807, 2.05) is 59.3 Å². The lowest BCUT2D eigenvalue weighted by atomic mass is 10.1. The van der Waals surface area contributed by atoms with Crippen molar-refractivity contribution in [3.05, 3.63) is 72.8 Å². The fraction of sp³-hybridized carbons (Fsp3) is 0.190. The lowest BCUT2D eigenvalue weighted by Gasteiger charge is -2.05. The highest BCUT2D eigenvalue weighted by Crippen LogP contribution is 2.21. The zero-order valence-electron chi connectivity index (χ0n) is 14.8. The van der Waals surface area contributed by atoms with Gasteiger partial charge in [-0.25, -0.2) is 9.97 Å². The summed E-state index contributed by atoms with van der Waals surface area (Å²) in [6.45, 7) is 0.976. The van der Waals surface area contributed by atoms with Gasteiger partial charge >= 0.3 is 5.97 Å². The highest BCUT2D eigenvalue weighted by molar-refractivity contribution is 5.80. The van der Waals surface area contributed by atoms with Crippen LogP contribution in [0.4, 0.5) is 0 Å². The minimum Gasteiger partial charge on any atom is -0.464 e. The van der Waals surface area contributed by atoms with E-state index in [9.17, 15) is 4.79 Å². The molecule has 0 bridgehead atoms. The first kappa shape index (κ1) is 17.0. The van der Waals surface area contributed by atoms with Crippen LogP contribution >= 0.6 is 0 Å². The molecule has 0 fully saturated rings. The van der Waals surface area contributed by atoms with Crippen LogP contribution in [0.1, 0.15) is 12.0 Å². The van der Waals surface area contributed by atoms with Crippen LogP contribution in [0.2, 0.25) is 0 Å². The molecule has 4 aromatic rings. The fourth-order valence-electron chi connectivity index (χ4n) is 2.95. The largest absolute Gasteiger partial charge is 0.464 e. The average Bonchev–Trinajstić information content (AvgIpc) is 3.36. The highest BCUT2D eigenvalue weighted by atomic mass is 16.5. The number of nitrogens with zero attached hydrogens (tertiary/aromatic N) is 3. The van der Waals surface area contributed by atoms with E-state index < -0.39 is 0 Å². The van der Waals surface area contributed by atoms with Gasteiger partial charge < -0.3 is 14.3 Å². The Morgan fingerprint density at radius 2 is 2.04 bits per heavy atom. The van der Waals surface area contributed by atoms with Crippen LogP contribution < -0.4 is 0 Å². The molecule has 0 spiro atoms. The van der Waals surface area contributed by atoms with Crippen molar-refractivity contribution in [1.82, 2.24) is 19.5 Å². The van der Waals surface area contributed by atoms with Crippen molar-refractivity contribution in [1.29, 1.82) is 0 Å². The van der Waals surface area contributed by atoms with Crippen LogP contribution in [0.15, 0.2) is 67.3 Å². The van der Waals surface area contributed by atoms with E-state index in [1.54, 1.807) is 12.5 Å². The smallest absolute Gasteiger partial charge is 0.306 e. The Labute approximate surface area is 156 Å². The molecule has 0 atom stereocenters. The van der Waals surface area contributed by atoms with Crippen LogP contribution in [-0.4, -0.2) is 32.1 Å². The van der Waals surface area contributed by atoms with E-state index >= 15 is 0 Å². The number of ether oxygens (including phenoxy) is 1. The summed E-state index contributed by atoms with van der Waals surface area (Å²) in [6.07, 6.45) is 6.25. The van der Waals surface area contributed by atoms with E-state index in [4.69, 9.17) is 4.74 Å². The van der Waals surface area contributed by atoms with Crippen LogP contribution in [0, 0.1) is 0 Å². The van der Waals surface area contributed by atoms with E-state index in [-0.39, 0.29) is 5.97 Å². The quantitative estimate of drug-likeness (QED) is 0.511. The molecule has 0 amide bonds. The number of fused-ring (bicyclic) bond motifs is 1. The number of rotatable bonds is 7. The molecule has 2 aromatic carbocycles. The molecule has 136 valence electrons. The molecule has 27 heavy (non-hydrogen) atoms. The van der Waals surface area contributed by atoms with E-state index in [0.29, 0.717) is 26.0 Å². The Hall–Kier alpha value is -3.41. The number of hydrogen-bond donors (Lipinski definition) is 1. The van der Waals surface area contributed by atoms with Crippen molar-refractivity contribution in [2.24, 2.45) is 0 Å². The van der Waals surface area contributed by atoms with Gasteiger partial charge in [-0.05, 0) is 24.1 Å². The van der Waals surface area contributed by atoms with Gasteiger partial charge in [0.15, 0.2) is 0 Å². The number of aromatic amines is 1. The monoisotopic (exact) mass is 360 g/mol. The fourth-order valence-corrected chi connectivity index (χ4v) is 2.95. The predicted molar refractivity (Wildman–Crippen MR) is 103 cm³/mol. The summed E-state index contributed by atoms with van der Waals surface area (Å²) in [5, 5.41) is 0. The number of nitrogens with one attached hydrogen (secondary N) is 1. The van der Waals surface area contributed by atoms with Crippen molar-refractivity contribution in [3.63, 3.8) is 0 Å². The summed E-state index contributed by atoms with van der Waals surface area (Å²) in [5.41, 5.74) is 4.02. The van der Waals surface area contributed by atoms with E-state index in [0.717, 1.165) is 28.0 Å². The number of H-pyrrole nitrogens is 1. The third-order valence-electron chi connectivity index (χ3n) is 4.38. The van der Waals surface area contributed by atoms with Gasteiger partial charge in [-0.2, -0.15) is 0 Å². The minimum absolute atomic E-state index is 0.190. The molecule has 2 heterocycles. The first-order valence-electron chi connectivity index (χ1n) is 8.93. The first-order valence-corrected chi connectivity index (χ1v) is 8.93. The molecule has 0 unspecified atom stereocenters. The first-order chi connectivity index (χ1) is 13.3. The summed E-state index contributed by atoms with van der Waals surface area (Å²) in [5.74, 6) is 0.659. The van der Waals surface area contributed by atoms with Gasteiger partial charge in [0.05, 0.1) is 23.9 Å². The molecule has 0 aliphatic carbocycles. The zero-order valence-corrected chi connectivity index (χ0v) is 14.8. The maximum absolute atomic E-state index is 11.9. The third kappa shape index (κ3) is 4.23. The molecule has 2 aromatic heterocycles. The summed E-state index contributed by atoms with van der Waals surface area (Å²) in [7, 11) is 0. The minimum atomic E-state index is -0.190. The Kier molecular flexibility index (Phi) is 4.96. The average molecular weight is 360 g/mol. The zero-order chi connectivity index (χ0) is 18.5. The third-order valence-corrected chi connectivity index (χ3v) is 4.38. The Morgan fingerprint density at radius 3 is 2.85 bits per heavy atom. The summed E-state index contributed by atoms with van der Waals surface area (Å²) in [6, 6.07) is 16.1. The van der Waals surface area contributed by atoms with Crippen molar-refractivity contribution < 1.29 is 9.53 Å². The number of aryl methyl sites for hydroxylation is 1. The van der Waals surface area contributed by atoms with Gasteiger partial charge in [-0.3, -0.25) is 4.79 Å². The summed E-state index contributed by atoms with van der Waals surface area (Å²) >= 11 is 0. The number of aromatic nitrogens is 4. The number of hydrogen-bond acceptors (Lipinski definition) is 4. The van der Waals surface area contributed by atoms with Crippen LogP contribution in [0.5, 0.6) is 0 Å². The SMILES string of the molecule is O=C(CCc1ccc2nc(-c3ccccc3)[nH]c2c1)OCCn1ccnc1. The number of benzene rings is 2. The van der Waals surface area contributed by atoms with Gasteiger partial charge in [-0.15, -0.1) is 0 Å². The van der Waals surface area contributed by atoms with Crippen molar-refractivity contribution in [2.45, 2.75) is 19.4 Å². The summed E-state index contributed by atoms with van der Waals surface area (Å²) < 4.78 is 7.16. The van der Waals surface area contributed by atoms with Crippen LogP contribution in [-0.2, 0) is 22.5 Å². The van der Waals surface area contributed by atoms with Gasteiger partial charge in [0.1, 0.15) is 12.4 Å². The van der Waals surface area contributed by atoms with Gasteiger partial charge in [-0.1, -0.05) is 36.4 Å². The van der Waals surface area contributed by atoms with Gasteiger partial charge in [0, 0.05) is 24.4 Å². The number of carbonyl (C=O) groups excluding carboxylic acids is 1. The second-order valence-corrected chi connectivity index (χ2v) is 6.32. The summed E-state index contributed by atoms with van der Waals surface area (Å²) in [4.78, 5) is 23.9. The molecule has 6 heteroatoms.